The maximum atomic E-state index is 10.3. The summed E-state index contributed by atoms with van der Waals surface area (Å²) in [5.41, 5.74) is 0.487. The Morgan fingerprint density at radius 1 is 0.812 bits per heavy atom. The van der Waals surface area contributed by atoms with Crippen molar-refractivity contribution >= 4 is 0 Å². The van der Waals surface area contributed by atoms with Crippen LogP contribution in [0.25, 0.3) is 0 Å². The third-order valence-electron chi connectivity index (χ3n) is 5.43. The molecule has 2 unspecified atom stereocenters. The molecule has 12 heteroatoms. The number of benzene rings is 1. The van der Waals surface area contributed by atoms with Crippen LogP contribution >= 0.6 is 0 Å². The molecule has 0 saturated carbocycles. The number of aliphatic hydroxyl groups is 7. The normalized spacial score (nSPS) is 41.1. The van der Waals surface area contributed by atoms with Crippen LogP contribution in [-0.4, -0.2) is 110 Å². The number of aliphatic hydroxyl groups excluding tert-OH is 7. The number of hydrogen-bond donors (Lipinski definition) is 7. The zero-order chi connectivity index (χ0) is 23.4. The van der Waals surface area contributed by atoms with Crippen LogP contribution in [0, 0.1) is 11.3 Å². The van der Waals surface area contributed by atoms with Crippen molar-refractivity contribution in [3.63, 3.8) is 0 Å². The van der Waals surface area contributed by atoms with Gasteiger partial charge in [-0.05, 0) is 5.56 Å². The molecule has 2 fully saturated rings. The largest absolute Gasteiger partial charge is 0.394 e. The first-order chi connectivity index (χ1) is 15.3. The molecule has 0 bridgehead atoms. The third kappa shape index (κ3) is 5.25. The van der Waals surface area contributed by atoms with Crippen molar-refractivity contribution in [3.8, 4) is 6.07 Å². The topological polar surface area (TPSA) is 202 Å². The van der Waals surface area contributed by atoms with Crippen LogP contribution in [0.4, 0.5) is 0 Å². The van der Waals surface area contributed by atoms with Crippen molar-refractivity contribution in [2.24, 2.45) is 0 Å². The highest BCUT2D eigenvalue weighted by Gasteiger charge is 2.48. The van der Waals surface area contributed by atoms with Crippen LogP contribution < -0.4 is 0 Å². The Morgan fingerprint density at radius 2 is 1.38 bits per heavy atom. The fourth-order valence-electron chi connectivity index (χ4n) is 3.51. The van der Waals surface area contributed by atoms with Crippen molar-refractivity contribution in [3.05, 3.63) is 35.9 Å². The van der Waals surface area contributed by atoms with Crippen molar-refractivity contribution in [2.75, 3.05) is 13.2 Å². The molecule has 32 heavy (non-hydrogen) atoms. The molecule has 178 valence electrons. The molecule has 7 N–H and O–H groups in total. The standard InChI is InChI=1S/C20H27NO11/c21-6-10(9-4-2-1-3-5-9)30-20-18(28)16(26)14(24)12(32-20)8-29-19-17(27)15(25)13(23)11(7-22)31-19/h1-5,10-20,22-28H,7-8H2/t10-,11?,12?,13+,14+,15+,16+,17+,18+,19+,20+/m0/s1. The molecule has 1 aromatic carbocycles. The first-order valence-electron chi connectivity index (χ1n) is 10.00. The lowest BCUT2D eigenvalue weighted by Gasteiger charge is -2.43. The van der Waals surface area contributed by atoms with Gasteiger partial charge in [-0.3, -0.25) is 0 Å². The lowest BCUT2D eigenvalue weighted by atomic mass is 9.98. The zero-order valence-electron chi connectivity index (χ0n) is 16.9. The fraction of sp³-hybridized carbons (Fsp3) is 0.650. The van der Waals surface area contributed by atoms with Crippen LogP contribution in [0.15, 0.2) is 30.3 Å². The number of ether oxygens (including phenoxy) is 4. The lowest BCUT2D eigenvalue weighted by molar-refractivity contribution is -0.334. The second-order valence-corrected chi connectivity index (χ2v) is 7.60. The summed E-state index contributed by atoms with van der Waals surface area (Å²) in [5, 5.41) is 79.1. The Bertz CT molecular complexity index is 760. The number of hydrogen-bond acceptors (Lipinski definition) is 12. The predicted molar refractivity (Wildman–Crippen MR) is 102 cm³/mol. The molecule has 2 heterocycles. The third-order valence-corrected chi connectivity index (χ3v) is 5.43. The molecule has 11 atom stereocenters. The molecule has 0 aliphatic carbocycles. The summed E-state index contributed by atoms with van der Waals surface area (Å²) in [6.45, 7) is -1.14. The van der Waals surface area contributed by atoms with Crippen LogP contribution in [0.3, 0.4) is 0 Å². The maximum Gasteiger partial charge on any atom is 0.188 e. The van der Waals surface area contributed by atoms with Gasteiger partial charge in [0.1, 0.15) is 48.8 Å². The predicted octanol–water partition coefficient (Wildman–Crippen LogP) is -3.11. The minimum absolute atomic E-state index is 0.487. The monoisotopic (exact) mass is 457 g/mol. The van der Waals surface area contributed by atoms with E-state index in [9.17, 15) is 41.0 Å². The van der Waals surface area contributed by atoms with Crippen LogP contribution in [0.5, 0.6) is 0 Å². The summed E-state index contributed by atoms with van der Waals surface area (Å²) in [4.78, 5) is 0. The summed E-state index contributed by atoms with van der Waals surface area (Å²) in [6.07, 6.45) is -16.5. The summed E-state index contributed by atoms with van der Waals surface area (Å²) in [5.74, 6) is 0. The van der Waals surface area contributed by atoms with Crippen molar-refractivity contribution in [2.45, 2.75) is 67.5 Å². The van der Waals surface area contributed by atoms with Gasteiger partial charge in [0.15, 0.2) is 18.7 Å². The molecule has 0 spiro atoms. The second kappa shape index (κ2) is 10.9. The van der Waals surface area contributed by atoms with E-state index in [-0.39, 0.29) is 0 Å². The van der Waals surface area contributed by atoms with Gasteiger partial charge >= 0.3 is 0 Å². The Morgan fingerprint density at radius 3 is 1.97 bits per heavy atom. The van der Waals surface area contributed by atoms with Gasteiger partial charge in [-0.15, -0.1) is 0 Å². The van der Waals surface area contributed by atoms with Gasteiger partial charge in [-0.2, -0.15) is 5.26 Å². The van der Waals surface area contributed by atoms with E-state index in [1.807, 2.05) is 6.07 Å². The highest BCUT2D eigenvalue weighted by atomic mass is 16.7. The number of nitriles is 1. The Hall–Kier alpha value is -1.73. The Labute approximate surface area is 183 Å². The summed E-state index contributed by atoms with van der Waals surface area (Å²) >= 11 is 0. The Kier molecular flexibility index (Phi) is 8.50. The fourth-order valence-corrected chi connectivity index (χ4v) is 3.51. The van der Waals surface area contributed by atoms with E-state index >= 15 is 0 Å². The summed E-state index contributed by atoms with van der Waals surface area (Å²) in [6, 6.07) is 10.3. The number of nitrogens with zero attached hydrogens (tertiary/aromatic N) is 1. The molecule has 2 aliphatic rings. The van der Waals surface area contributed by atoms with Gasteiger partial charge in [-0.25, -0.2) is 0 Å². The average molecular weight is 457 g/mol. The van der Waals surface area contributed by atoms with Gasteiger partial charge in [0.25, 0.3) is 0 Å². The van der Waals surface area contributed by atoms with E-state index in [0.29, 0.717) is 5.56 Å². The van der Waals surface area contributed by atoms with Crippen LogP contribution in [0.2, 0.25) is 0 Å². The molecule has 3 rings (SSSR count). The molecular weight excluding hydrogens is 430 g/mol. The maximum absolute atomic E-state index is 10.3. The molecule has 2 saturated heterocycles. The smallest absolute Gasteiger partial charge is 0.188 e. The first kappa shape index (κ1) is 24.9. The molecule has 0 radical (unpaired) electrons. The average Bonchev–Trinajstić information content (AvgIpc) is 2.81. The van der Waals surface area contributed by atoms with E-state index < -0.39 is 80.7 Å². The quantitative estimate of drug-likeness (QED) is 0.218. The van der Waals surface area contributed by atoms with E-state index in [1.54, 1.807) is 30.3 Å². The highest BCUT2D eigenvalue weighted by Crippen LogP contribution is 2.28. The Balaban J connectivity index is 1.65. The van der Waals surface area contributed by atoms with Crippen molar-refractivity contribution in [1.82, 2.24) is 0 Å². The lowest BCUT2D eigenvalue weighted by Crippen LogP contribution is -2.61. The van der Waals surface area contributed by atoms with Crippen LogP contribution in [0.1, 0.15) is 11.7 Å². The van der Waals surface area contributed by atoms with Gasteiger partial charge in [0, 0.05) is 0 Å². The van der Waals surface area contributed by atoms with E-state index in [4.69, 9.17) is 18.9 Å². The zero-order valence-corrected chi connectivity index (χ0v) is 16.9. The molecule has 2 aliphatic heterocycles. The van der Waals surface area contributed by atoms with Gasteiger partial charge in [-0.1, -0.05) is 30.3 Å². The number of rotatable bonds is 7. The minimum atomic E-state index is -1.70. The van der Waals surface area contributed by atoms with E-state index in [2.05, 4.69) is 0 Å². The van der Waals surface area contributed by atoms with E-state index in [0.717, 1.165) is 0 Å². The molecule has 1 aromatic rings. The van der Waals surface area contributed by atoms with Gasteiger partial charge in [0.2, 0.25) is 0 Å². The minimum Gasteiger partial charge on any atom is -0.394 e. The second-order valence-electron chi connectivity index (χ2n) is 7.60. The first-order valence-corrected chi connectivity index (χ1v) is 10.00. The molecule has 0 amide bonds. The molecule has 12 nitrogen and oxygen atoms in total. The van der Waals surface area contributed by atoms with Gasteiger partial charge in [0.05, 0.1) is 19.3 Å². The molecule has 0 aromatic heterocycles. The SMILES string of the molecule is N#C[C@H](O[C@@H]1OC(CO[C@@H]2OC(CO)[C@@H](O)[C@@H](O)[C@H]2O)[C@@H](O)[C@@H](O)[C@H]1O)c1ccccc1. The highest BCUT2D eigenvalue weighted by molar-refractivity contribution is 5.22. The summed E-state index contributed by atoms with van der Waals surface area (Å²) < 4.78 is 21.6. The molecular formula is C20H27NO11. The van der Waals surface area contributed by atoms with Gasteiger partial charge < -0.3 is 54.7 Å². The van der Waals surface area contributed by atoms with Crippen LogP contribution in [-0.2, 0) is 18.9 Å². The summed E-state index contributed by atoms with van der Waals surface area (Å²) in [7, 11) is 0. The van der Waals surface area contributed by atoms with E-state index in [1.165, 1.54) is 0 Å². The van der Waals surface area contributed by atoms with Crippen molar-refractivity contribution < 1.29 is 54.7 Å². The van der Waals surface area contributed by atoms with Crippen molar-refractivity contribution in [1.29, 1.82) is 5.26 Å².